The van der Waals surface area contributed by atoms with Crippen LogP contribution in [0.5, 0.6) is 0 Å². The second kappa shape index (κ2) is 6.52. The summed E-state index contributed by atoms with van der Waals surface area (Å²) in [7, 11) is 0. The number of fused-ring (bicyclic) bond motifs is 1. The minimum Gasteiger partial charge on any atom is -0.456 e. The molecule has 4 rings (SSSR count). The van der Waals surface area contributed by atoms with E-state index in [-0.39, 0.29) is 12.0 Å². The second-order valence-corrected chi connectivity index (χ2v) is 5.99. The fraction of sp³-hybridized carbons (Fsp3) is 0.278. The van der Waals surface area contributed by atoms with Gasteiger partial charge in [0.1, 0.15) is 11.5 Å². The van der Waals surface area contributed by atoms with Crippen molar-refractivity contribution in [3.63, 3.8) is 0 Å². The Morgan fingerprint density at radius 3 is 2.88 bits per heavy atom. The van der Waals surface area contributed by atoms with Gasteiger partial charge in [0.15, 0.2) is 5.76 Å². The standard InChI is InChI=1S/C18H18N4O3/c1-12-7-8-16(25-12)18(23)19-9-14-10-22-15(11-24-14)17(20-21-22)13-5-3-2-4-6-13/h2-8,14H,9-11H2,1H3,(H,19,23). The van der Waals surface area contributed by atoms with Crippen molar-refractivity contribution >= 4 is 5.91 Å². The van der Waals surface area contributed by atoms with E-state index in [1.54, 1.807) is 19.1 Å². The van der Waals surface area contributed by atoms with Crippen molar-refractivity contribution < 1.29 is 13.9 Å². The molecule has 128 valence electrons. The van der Waals surface area contributed by atoms with Crippen molar-refractivity contribution in [1.29, 1.82) is 0 Å². The molecule has 3 heterocycles. The zero-order chi connectivity index (χ0) is 17.2. The summed E-state index contributed by atoms with van der Waals surface area (Å²) in [5, 5.41) is 11.3. The van der Waals surface area contributed by atoms with Gasteiger partial charge in [0.2, 0.25) is 0 Å². The minimum atomic E-state index is -0.244. The quantitative estimate of drug-likeness (QED) is 0.788. The van der Waals surface area contributed by atoms with Gasteiger partial charge in [-0.1, -0.05) is 35.5 Å². The molecule has 0 aliphatic carbocycles. The van der Waals surface area contributed by atoms with Gasteiger partial charge in [0.25, 0.3) is 5.91 Å². The Labute approximate surface area is 144 Å². The zero-order valence-corrected chi connectivity index (χ0v) is 13.8. The van der Waals surface area contributed by atoms with Gasteiger partial charge in [0, 0.05) is 12.1 Å². The molecule has 2 aromatic heterocycles. The van der Waals surface area contributed by atoms with Gasteiger partial charge in [-0.05, 0) is 19.1 Å². The first-order valence-electron chi connectivity index (χ1n) is 8.15. The molecule has 7 nitrogen and oxygen atoms in total. The third-order valence-corrected chi connectivity index (χ3v) is 4.17. The molecular formula is C18H18N4O3. The number of hydrogen-bond donors (Lipinski definition) is 1. The molecule has 1 atom stereocenters. The van der Waals surface area contributed by atoms with Crippen molar-refractivity contribution in [1.82, 2.24) is 20.3 Å². The maximum atomic E-state index is 12.0. The van der Waals surface area contributed by atoms with Crippen LogP contribution in [0, 0.1) is 6.92 Å². The van der Waals surface area contributed by atoms with Gasteiger partial charge in [-0.3, -0.25) is 4.79 Å². The van der Waals surface area contributed by atoms with E-state index in [2.05, 4.69) is 15.6 Å². The molecule has 1 aromatic carbocycles. The van der Waals surface area contributed by atoms with E-state index in [1.807, 2.05) is 35.0 Å². The number of nitrogens with one attached hydrogen (secondary N) is 1. The van der Waals surface area contributed by atoms with Crippen molar-refractivity contribution in [3.05, 3.63) is 59.7 Å². The zero-order valence-electron chi connectivity index (χ0n) is 13.8. The SMILES string of the molecule is Cc1ccc(C(=O)NCC2Cn3nnc(-c4ccccc4)c3CO2)o1. The maximum absolute atomic E-state index is 12.0. The summed E-state index contributed by atoms with van der Waals surface area (Å²) in [5.41, 5.74) is 2.82. The number of carbonyl (C=O) groups excluding carboxylic acids is 1. The lowest BCUT2D eigenvalue weighted by molar-refractivity contribution is 0.00162. The van der Waals surface area contributed by atoms with Crippen LogP contribution < -0.4 is 5.32 Å². The molecule has 1 aliphatic rings. The predicted molar refractivity (Wildman–Crippen MR) is 89.8 cm³/mol. The minimum absolute atomic E-state index is 0.155. The molecule has 0 fully saturated rings. The molecule has 7 heteroatoms. The summed E-state index contributed by atoms with van der Waals surface area (Å²) in [6, 6.07) is 13.3. The number of nitrogens with zero attached hydrogens (tertiary/aromatic N) is 3. The lowest BCUT2D eigenvalue weighted by Crippen LogP contribution is -2.39. The van der Waals surface area contributed by atoms with E-state index >= 15 is 0 Å². The summed E-state index contributed by atoms with van der Waals surface area (Å²) in [5.74, 6) is 0.770. The number of aryl methyl sites for hydroxylation is 1. The molecule has 0 saturated carbocycles. The second-order valence-electron chi connectivity index (χ2n) is 5.99. The molecule has 0 spiro atoms. The molecule has 1 unspecified atom stereocenters. The number of furan rings is 1. The van der Waals surface area contributed by atoms with E-state index in [0.717, 1.165) is 17.0 Å². The highest BCUT2D eigenvalue weighted by Crippen LogP contribution is 2.24. The molecule has 1 aliphatic heterocycles. The number of benzene rings is 1. The van der Waals surface area contributed by atoms with E-state index in [9.17, 15) is 4.79 Å². The Hall–Kier alpha value is -2.93. The first kappa shape index (κ1) is 15.6. The largest absolute Gasteiger partial charge is 0.456 e. The highest BCUT2D eigenvalue weighted by Gasteiger charge is 2.25. The Morgan fingerprint density at radius 1 is 1.28 bits per heavy atom. The van der Waals surface area contributed by atoms with Crippen LogP contribution in [0.4, 0.5) is 0 Å². The smallest absolute Gasteiger partial charge is 0.287 e. The van der Waals surface area contributed by atoms with Crippen LogP contribution in [0.1, 0.15) is 22.0 Å². The Bertz CT molecular complexity index is 885. The number of hydrogen-bond acceptors (Lipinski definition) is 5. The van der Waals surface area contributed by atoms with Gasteiger partial charge in [-0.15, -0.1) is 5.10 Å². The fourth-order valence-electron chi connectivity index (χ4n) is 2.86. The summed E-state index contributed by atoms with van der Waals surface area (Å²) >= 11 is 0. The highest BCUT2D eigenvalue weighted by atomic mass is 16.5. The summed E-state index contributed by atoms with van der Waals surface area (Å²) in [4.78, 5) is 12.0. The lowest BCUT2D eigenvalue weighted by atomic mass is 10.1. The lowest BCUT2D eigenvalue weighted by Gasteiger charge is -2.24. The summed E-state index contributed by atoms with van der Waals surface area (Å²) < 4.78 is 13.0. The topological polar surface area (TPSA) is 82.2 Å². The first-order valence-corrected chi connectivity index (χ1v) is 8.15. The van der Waals surface area contributed by atoms with Crippen molar-refractivity contribution in [2.45, 2.75) is 26.2 Å². The average molecular weight is 338 g/mol. The van der Waals surface area contributed by atoms with Crippen LogP contribution in [0.3, 0.4) is 0 Å². The van der Waals surface area contributed by atoms with Crippen LogP contribution in [0.2, 0.25) is 0 Å². The fourth-order valence-corrected chi connectivity index (χ4v) is 2.86. The van der Waals surface area contributed by atoms with E-state index < -0.39 is 0 Å². The molecular weight excluding hydrogens is 320 g/mol. The van der Waals surface area contributed by atoms with Gasteiger partial charge >= 0.3 is 0 Å². The Kier molecular flexibility index (Phi) is 4.07. The van der Waals surface area contributed by atoms with Gasteiger partial charge in [-0.25, -0.2) is 4.68 Å². The Morgan fingerprint density at radius 2 is 2.12 bits per heavy atom. The normalized spacial score (nSPS) is 16.4. The molecule has 3 aromatic rings. The average Bonchev–Trinajstić information content (AvgIpc) is 3.26. The maximum Gasteiger partial charge on any atom is 0.287 e. The number of amides is 1. The number of ether oxygens (including phenoxy) is 1. The van der Waals surface area contributed by atoms with E-state index in [1.165, 1.54) is 0 Å². The third-order valence-electron chi connectivity index (χ3n) is 4.17. The van der Waals surface area contributed by atoms with Gasteiger partial charge in [0.05, 0.1) is 24.9 Å². The number of carbonyl (C=O) groups is 1. The van der Waals surface area contributed by atoms with Crippen LogP contribution in [0.15, 0.2) is 46.9 Å². The number of rotatable bonds is 4. The third kappa shape index (κ3) is 3.18. The van der Waals surface area contributed by atoms with E-state index in [0.29, 0.717) is 31.2 Å². The van der Waals surface area contributed by atoms with Gasteiger partial charge in [-0.2, -0.15) is 0 Å². The van der Waals surface area contributed by atoms with Crippen LogP contribution >= 0.6 is 0 Å². The molecule has 1 amide bonds. The van der Waals surface area contributed by atoms with E-state index in [4.69, 9.17) is 9.15 Å². The summed E-state index contributed by atoms with van der Waals surface area (Å²) in [6.07, 6.45) is -0.155. The molecule has 0 bridgehead atoms. The summed E-state index contributed by atoms with van der Waals surface area (Å²) in [6.45, 7) is 3.15. The van der Waals surface area contributed by atoms with Crippen LogP contribution in [-0.4, -0.2) is 33.5 Å². The van der Waals surface area contributed by atoms with Crippen molar-refractivity contribution in [2.24, 2.45) is 0 Å². The van der Waals surface area contributed by atoms with Crippen molar-refractivity contribution in [2.75, 3.05) is 6.54 Å². The molecule has 1 N–H and O–H groups in total. The predicted octanol–water partition coefficient (Wildman–Crippen LogP) is 2.18. The van der Waals surface area contributed by atoms with Crippen LogP contribution in [-0.2, 0) is 17.9 Å². The molecule has 0 saturated heterocycles. The first-order chi connectivity index (χ1) is 12.2. The molecule has 25 heavy (non-hydrogen) atoms. The Balaban J connectivity index is 1.40. The highest BCUT2D eigenvalue weighted by molar-refractivity contribution is 5.91. The van der Waals surface area contributed by atoms with Crippen LogP contribution in [0.25, 0.3) is 11.3 Å². The monoisotopic (exact) mass is 338 g/mol. The van der Waals surface area contributed by atoms with Crippen molar-refractivity contribution in [3.8, 4) is 11.3 Å². The number of aromatic nitrogens is 3. The van der Waals surface area contributed by atoms with Gasteiger partial charge < -0.3 is 14.5 Å². The molecule has 0 radical (unpaired) electrons.